The van der Waals surface area contributed by atoms with Crippen LogP contribution in [0.5, 0.6) is 0 Å². The number of nitrogens with zero attached hydrogens (tertiary/aromatic N) is 5. The Morgan fingerprint density at radius 3 is 2.72 bits per heavy atom. The zero-order valence-electron chi connectivity index (χ0n) is 15.6. The molecule has 1 unspecified atom stereocenters. The van der Waals surface area contributed by atoms with E-state index in [2.05, 4.69) is 26.7 Å². The average Bonchev–Trinajstić information content (AvgIpc) is 3.01. The monoisotopic (exact) mass is 349 g/mol. The molecular formula is C18H31N5O2. The van der Waals surface area contributed by atoms with Gasteiger partial charge in [-0.15, -0.1) is 10.2 Å². The Morgan fingerprint density at radius 2 is 1.96 bits per heavy atom. The van der Waals surface area contributed by atoms with E-state index in [-0.39, 0.29) is 12.0 Å². The summed E-state index contributed by atoms with van der Waals surface area (Å²) in [6, 6.07) is 0. The van der Waals surface area contributed by atoms with Crippen molar-refractivity contribution in [3.8, 4) is 0 Å². The van der Waals surface area contributed by atoms with Gasteiger partial charge in [0, 0.05) is 26.1 Å². The third kappa shape index (κ3) is 4.51. The van der Waals surface area contributed by atoms with Gasteiger partial charge in [-0.05, 0) is 45.2 Å². The fourth-order valence-corrected chi connectivity index (χ4v) is 3.82. The van der Waals surface area contributed by atoms with E-state index < -0.39 is 0 Å². The van der Waals surface area contributed by atoms with Crippen LogP contribution in [0, 0.1) is 0 Å². The van der Waals surface area contributed by atoms with Crippen LogP contribution in [-0.4, -0.2) is 63.4 Å². The van der Waals surface area contributed by atoms with E-state index in [9.17, 15) is 4.79 Å². The Bertz CT molecular complexity index is 568. The summed E-state index contributed by atoms with van der Waals surface area (Å²) in [5.41, 5.74) is 0. The summed E-state index contributed by atoms with van der Waals surface area (Å²) in [6.07, 6.45) is 6.60. The smallest absolute Gasteiger partial charge is 0.409 e. The molecule has 0 aliphatic carbocycles. The summed E-state index contributed by atoms with van der Waals surface area (Å²) in [7, 11) is 2.06. The molecule has 2 fully saturated rings. The molecule has 2 aliphatic rings. The topological polar surface area (TPSA) is 63.5 Å². The standard InChI is InChI=1S/C18H31N5O2/c1-3-12-25-18(24)23-11-7-8-15(13-23)17-20-19-16(21(17)2)14-22-9-5-4-6-10-22/h15H,3-14H2,1-2H3. The summed E-state index contributed by atoms with van der Waals surface area (Å²) in [5, 5.41) is 8.91. The van der Waals surface area contributed by atoms with Crippen LogP contribution in [0.2, 0.25) is 0 Å². The predicted octanol–water partition coefficient (Wildman–Crippen LogP) is 2.53. The molecule has 2 saturated heterocycles. The van der Waals surface area contributed by atoms with Crippen LogP contribution in [0.4, 0.5) is 4.79 Å². The number of hydrogen-bond acceptors (Lipinski definition) is 5. The lowest BCUT2D eigenvalue weighted by molar-refractivity contribution is 0.0907. The SMILES string of the molecule is CCCOC(=O)N1CCCC(c2nnc(CN3CCCCC3)n2C)C1. The first-order valence-electron chi connectivity index (χ1n) is 9.71. The van der Waals surface area contributed by atoms with Crippen LogP contribution in [0.15, 0.2) is 0 Å². The van der Waals surface area contributed by atoms with Crippen LogP contribution >= 0.6 is 0 Å². The lowest BCUT2D eigenvalue weighted by Crippen LogP contribution is -2.40. The molecule has 3 rings (SSSR count). The molecule has 140 valence electrons. The van der Waals surface area contributed by atoms with Gasteiger partial charge in [0.2, 0.25) is 0 Å². The van der Waals surface area contributed by atoms with Crippen molar-refractivity contribution in [2.24, 2.45) is 7.05 Å². The third-order valence-corrected chi connectivity index (χ3v) is 5.29. The molecule has 0 aromatic carbocycles. The highest BCUT2D eigenvalue weighted by atomic mass is 16.6. The third-order valence-electron chi connectivity index (χ3n) is 5.29. The first kappa shape index (κ1) is 18.2. The zero-order valence-corrected chi connectivity index (χ0v) is 15.6. The summed E-state index contributed by atoms with van der Waals surface area (Å²) < 4.78 is 7.43. The molecule has 7 heteroatoms. The molecule has 3 heterocycles. The quantitative estimate of drug-likeness (QED) is 0.817. The molecule has 0 N–H and O–H groups in total. The highest BCUT2D eigenvalue weighted by Gasteiger charge is 2.29. The molecule has 1 aromatic heterocycles. The molecule has 0 radical (unpaired) electrons. The number of likely N-dealkylation sites (tertiary alicyclic amines) is 2. The van der Waals surface area contributed by atoms with Gasteiger partial charge in [-0.25, -0.2) is 4.79 Å². The predicted molar refractivity (Wildman–Crippen MR) is 95.3 cm³/mol. The second-order valence-electron chi connectivity index (χ2n) is 7.27. The molecule has 1 aromatic rings. The lowest BCUT2D eigenvalue weighted by Gasteiger charge is -2.31. The van der Waals surface area contributed by atoms with Crippen molar-refractivity contribution in [2.45, 2.75) is 57.9 Å². The van der Waals surface area contributed by atoms with Gasteiger partial charge in [-0.2, -0.15) is 0 Å². The Kier molecular flexibility index (Phi) is 6.29. The summed E-state index contributed by atoms with van der Waals surface area (Å²) in [6.45, 7) is 7.14. The molecule has 0 bridgehead atoms. The van der Waals surface area contributed by atoms with Crippen LogP contribution in [-0.2, 0) is 18.3 Å². The van der Waals surface area contributed by atoms with Gasteiger partial charge in [0.05, 0.1) is 13.2 Å². The molecule has 1 amide bonds. The minimum Gasteiger partial charge on any atom is -0.449 e. The van der Waals surface area contributed by atoms with Crippen molar-refractivity contribution >= 4 is 6.09 Å². The van der Waals surface area contributed by atoms with Gasteiger partial charge in [0.1, 0.15) is 11.6 Å². The maximum absolute atomic E-state index is 12.1. The molecule has 2 aliphatic heterocycles. The van der Waals surface area contributed by atoms with Crippen molar-refractivity contribution in [1.29, 1.82) is 0 Å². The zero-order chi connectivity index (χ0) is 17.6. The molecule has 25 heavy (non-hydrogen) atoms. The fraction of sp³-hybridized carbons (Fsp3) is 0.833. The Morgan fingerprint density at radius 1 is 1.16 bits per heavy atom. The Hall–Kier alpha value is -1.63. The van der Waals surface area contributed by atoms with E-state index >= 15 is 0 Å². The highest BCUT2D eigenvalue weighted by Crippen LogP contribution is 2.26. The number of piperidine rings is 2. The first-order chi connectivity index (χ1) is 12.2. The van der Waals surface area contributed by atoms with Crippen LogP contribution < -0.4 is 0 Å². The number of amides is 1. The van der Waals surface area contributed by atoms with Gasteiger partial charge < -0.3 is 14.2 Å². The molecule has 1 atom stereocenters. The first-order valence-corrected chi connectivity index (χ1v) is 9.71. The number of aromatic nitrogens is 3. The number of carbonyl (C=O) groups is 1. The van der Waals surface area contributed by atoms with E-state index in [0.717, 1.165) is 57.1 Å². The van der Waals surface area contributed by atoms with Gasteiger partial charge in [0.25, 0.3) is 0 Å². The van der Waals surface area contributed by atoms with E-state index in [0.29, 0.717) is 13.2 Å². The van der Waals surface area contributed by atoms with Gasteiger partial charge >= 0.3 is 6.09 Å². The molecule has 0 saturated carbocycles. The minimum absolute atomic E-state index is 0.192. The summed E-state index contributed by atoms with van der Waals surface area (Å²) >= 11 is 0. The normalized spacial score (nSPS) is 22.2. The molecule has 0 spiro atoms. The van der Waals surface area contributed by atoms with Crippen LogP contribution in [0.3, 0.4) is 0 Å². The minimum atomic E-state index is -0.192. The van der Waals surface area contributed by atoms with E-state index in [4.69, 9.17) is 4.74 Å². The molecule has 7 nitrogen and oxygen atoms in total. The number of hydrogen-bond donors (Lipinski definition) is 0. The second-order valence-corrected chi connectivity index (χ2v) is 7.27. The molecular weight excluding hydrogens is 318 g/mol. The fourth-order valence-electron chi connectivity index (χ4n) is 3.82. The van der Waals surface area contributed by atoms with E-state index in [1.54, 1.807) is 0 Å². The van der Waals surface area contributed by atoms with Crippen molar-refractivity contribution < 1.29 is 9.53 Å². The van der Waals surface area contributed by atoms with Crippen molar-refractivity contribution in [1.82, 2.24) is 24.6 Å². The summed E-state index contributed by atoms with van der Waals surface area (Å²) in [4.78, 5) is 16.4. The van der Waals surface area contributed by atoms with E-state index in [1.165, 1.54) is 19.3 Å². The van der Waals surface area contributed by atoms with Crippen molar-refractivity contribution in [3.63, 3.8) is 0 Å². The largest absolute Gasteiger partial charge is 0.449 e. The Balaban J connectivity index is 1.62. The van der Waals surface area contributed by atoms with Gasteiger partial charge in [-0.3, -0.25) is 4.90 Å². The van der Waals surface area contributed by atoms with Crippen molar-refractivity contribution in [3.05, 3.63) is 11.6 Å². The van der Waals surface area contributed by atoms with Crippen LogP contribution in [0.1, 0.15) is 63.0 Å². The van der Waals surface area contributed by atoms with Gasteiger partial charge in [0.15, 0.2) is 0 Å². The number of ether oxygens (including phenoxy) is 1. The van der Waals surface area contributed by atoms with Crippen LogP contribution in [0.25, 0.3) is 0 Å². The number of rotatable bonds is 5. The highest BCUT2D eigenvalue weighted by molar-refractivity contribution is 5.67. The summed E-state index contributed by atoms with van der Waals surface area (Å²) in [5.74, 6) is 2.28. The second kappa shape index (κ2) is 8.65. The lowest BCUT2D eigenvalue weighted by atomic mass is 9.97. The maximum Gasteiger partial charge on any atom is 0.409 e. The van der Waals surface area contributed by atoms with E-state index in [1.807, 2.05) is 11.8 Å². The number of carbonyl (C=O) groups excluding carboxylic acids is 1. The maximum atomic E-state index is 12.1. The van der Waals surface area contributed by atoms with Gasteiger partial charge in [-0.1, -0.05) is 13.3 Å². The van der Waals surface area contributed by atoms with Crippen molar-refractivity contribution in [2.75, 3.05) is 32.8 Å². The Labute approximate surface area is 150 Å². The average molecular weight is 349 g/mol.